The highest BCUT2D eigenvalue weighted by atomic mass is 16.3. The van der Waals surface area contributed by atoms with Crippen molar-refractivity contribution in [1.82, 2.24) is 9.78 Å². The number of aromatic nitrogens is 2. The maximum absolute atomic E-state index is 12.6. The van der Waals surface area contributed by atoms with Crippen LogP contribution in [0.15, 0.2) is 69.9 Å². The van der Waals surface area contributed by atoms with Gasteiger partial charge in [0.05, 0.1) is 11.4 Å². The fourth-order valence-corrected chi connectivity index (χ4v) is 2.74. The predicted octanol–water partition coefficient (Wildman–Crippen LogP) is 3.54. The van der Waals surface area contributed by atoms with Gasteiger partial charge in [-0.25, -0.2) is 0 Å². The molecule has 0 spiro atoms. The molecular formula is C19H15N3O2. The van der Waals surface area contributed by atoms with Gasteiger partial charge in [0.1, 0.15) is 11.1 Å². The van der Waals surface area contributed by atoms with Crippen LogP contribution in [0.2, 0.25) is 0 Å². The van der Waals surface area contributed by atoms with E-state index in [-0.39, 0.29) is 5.43 Å². The van der Waals surface area contributed by atoms with Crippen molar-refractivity contribution in [1.29, 1.82) is 0 Å². The second-order valence-corrected chi connectivity index (χ2v) is 5.61. The van der Waals surface area contributed by atoms with Crippen LogP contribution in [0.3, 0.4) is 0 Å². The molecule has 2 heterocycles. The number of aryl methyl sites for hydroxylation is 1. The van der Waals surface area contributed by atoms with Crippen LogP contribution in [0.5, 0.6) is 0 Å². The van der Waals surface area contributed by atoms with Crippen molar-refractivity contribution in [2.45, 2.75) is 6.92 Å². The van der Waals surface area contributed by atoms with Gasteiger partial charge in [0.15, 0.2) is 5.43 Å². The summed E-state index contributed by atoms with van der Waals surface area (Å²) in [6, 6.07) is 18.3. The summed E-state index contributed by atoms with van der Waals surface area (Å²) in [5.41, 5.74) is 8.99. The highest BCUT2D eigenvalue weighted by Gasteiger charge is 2.16. The Morgan fingerprint density at radius 1 is 1.04 bits per heavy atom. The Bertz CT molecular complexity index is 1080. The maximum atomic E-state index is 12.6. The minimum absolute atomic E-state index is 0.109. The highest BCUT2D eigenvalue weighted by Crippen LogP contribution is 2.26. The molecule has 0 bridgehead atoms. The summed E-state index contributed by atoms with van der Waals surface area (Å²) in [6.07, 6.45) is 0. The summed E-state index contributed by atoms with van der Waals surface area (Å²) in [5.74, 6) is 0.490. The number of nitrogen functional groups attached to an aromatic ring is 1. The fraction of sp³-hybridized carbons (Fsp3) is 0.0526. The van der Waals surface area contributed by atoms with Crippen LogP contribution in [0.1, 0.15) is 5.69 Å². The first-order valence-corrected chi connectivity index (χ1v) is 7.58. The van der Waals surface area contributed by atoms with Gasteiger partial charge in [0.2, 0.25) is 5.71 Å². The van der Waals surface area contributed by atoms with Gasteiger partial charge >= 0.3 is 0 Å². The molecule has 0 amide bonds. The van der Waals surface area contributed by atoms with E-state index in [4.69, 9.17) is 10.2 Å². The van der Waals surface area contributed by atoms with Crippen molar-refractivity contribution >= 4 is 16.8 Å². The first-order valence-electron chi connectivity index (χ1n) is 7.58. The summed E-state index contributed by atoms with van der Waals surface area (Å²) in [4.78, 5) is 12.6. The zero-order valence-electron chi connectivity index (χ0n) is 13.1. The average molecular weight is 317 g/mol. The lowest BCUT2D eigenvalue weighted by Gasteiger charge is -2.05. The molecule has 0 radical (unpaired) electrons. The lowest BCUT2D eigenvalue weighted by molar-refractivity contribution is 0.587. The van der Waals surface area contributed by atoms with Crippen LogP contribution in [0.25, 0.3) is 28.1 Å². The summed E-state index contributed by atoms with van der Waals surface area (Å²) >= 11 is 0. The van der Waals surface area contributed by atoms with E-state index in [0.29, 0.717) is 28.2 Å². The SMILES string of the molecule is Cc1nn(-c2ccccc2)c2oc(-c3ccc(N)cc3)cc(=O)c12. The van der Waals surface area contributed by atoms with E-state index in [2.05, 4.69) is 5.10 Å². The number of anilines is 1. The molecule has 2 N–H and O–H groups in total. The lowest BCUT2D eigenvalue weighted by Crippen LogP contribution is -2.02. The van der Waals surface area contributed by atoms with Crippen molar-refractivity contribution in [2.75, 3.05) is 5.73 Å². The molecular weight excluding hydrogens is 302 g/mol. The van der Waals surface area contributed by atoms with E-state index >= 15 is 0 Å². The third kappa shape index (κ3) is 2.27. The molecule has 0 fully saturated rings. The fourth-order valence-electron chi connectivity index (χ4n) is 2.74. The van der Waals surface area contributed by atoms with E-state index in [1.54, 1.807) is 16.8 Å². The molecule has 5 heteroatoms. The molecule has 0 saturated carbocycles. The normalized spacial score (nSPS) is 11.0. The molecule has 24 heavy (non-hydrogen) atoms. The summed E-state index contributed by atoms with van der Waals surface area (Å²) in [6.45, 7) is 1.81. The number of rotatable bonds is 2. The maximum Gasteiger partial charge on any atom is 0.234 e. The van der Waals surface area contributed by atoms with Gasteiger partial charge in [0.25, 0.3) is 0 Å². The predicted molar refractivity (Wildman–Crippen MR) is 94.2 cm³/mol. The highest BCUT2D eigenvalue weighted by molar-refractivity contribution is 5.80. The van der Waals surface area contributed by atoms with E-state index in [9.17, 15) is 4.79 Å². The topological polar surface area (TPSA) is 74.1 Å². The Morgan fingerprint density at radius 3 is 2.46 bits per heavy atom. The number of para-hydroxylation sites is 1. The van der Waals surface area contributed by atoms with E-state index in [0.717, 1.165) is 11.3 Å². The summed E-state index contributed by atoms with van der Waals surface area (Å²) < 4.78 is 7.69. The monoisotopic (exact) mass is 317 g/mol. The van der Waals surface area contributed by atoms with Crippen molar-refractivity contribution in [2.24, 2.45) is 0 Å². The van der Waals surface area contributed by atoms with Crippen molar-refractivity contribution in [3.8, 4) is 17.0 Å². The largest absolute Gasteiger partial charge is 0.437 e. The second-order valence-electron chi connectivity index (χ2n) is 5.61. The molecule has 5 nitrogen and oxygen atoms in total. The Kier molecular flexibility index (Phi) is 3.20. The van der Waals surface area contributed by atoms with Gasteiger partial charge in [-0.2, -0.15) is 9.78 Å². The van der Waals surface area contributed by atoms with Crippen LogP contribution in [-0.4, -0.2) is 9.78 Å². The van der Waals surface area contributed by atoms with E-state index in [1.165, 1.54) is 6.07 Å². The quantitative estimate of drug-likeness (QED) is 0.574. The third-order valence-corrected chi connectivity index (χ3v) is 3.93. The van der Waals surface area contributed by atoms with Crippen molar-refractivity contribution < 1.29 is 4.42 Å². The average Bonchev–Trinajstić information content (AvgIpc) is 2.93. The number of fused-ring (bicyclic) bond motifs is 1. The lowest BCUT2D eigenvalue weighted by atomic mass is 10.1. The minimum Gasteiger partial charge on any atom is -0.437 e. The van der Waals surface area contributed by atoms with Crippen molar-refractivity contribution in [3.63, 3.8) is 0 Å². The van der Waals surface area contributed by atoms with Gasteiger partial charge in [-0.1, -0.05) is 18.2 Å². The molecule has 0 aliphatic carbocycles. The van der Waals surface area contributed by atoms with E-state index in [1.807, 2.05) is 49.4 Å². The minimum atomic E-state index is -0.109. The molecule has 0 aliphatic heterocycles. The van der Waals surface area contributed by atoms with E-state index < -0.39 is 0 Å². The Labute approximate surface area is 138 Å². The molecule has 0 atom stereocenters. The first-order chi connectivity index (χ1) is 11.6. The molecule has 118 valence electrons. The van der Waals surface area contributed by atoms with Crippen LogP contribution in [0.4, 0.5) is 5.69 Å². The number of nitrogens with zero attached hydrogens (tertiary/aromatic N) is 2. The molecule has 2 aromatic carbocycles. The number of hydrogen-bond acceptors (Lipinski definition) is 4. The standard InChI is InChI=1S/C19H15N3O2/c1-12-18-16(23)11-17(13-7-9-14(20)10-8-13)24-19(18)22(21-12)15-5-3-2-4-6-15/h2-11H,20H2,1H3. The Hall–Kier alpha value is -3.34. The van der Waals surface area contributed by atoms with Gasteiger partial charge in [-0.05, 0) is 43.3 Å². The summed E-state index contributed by atoms with van der Waals surface area (Å²) in [7, 11) is 0. The van der Waals surface area contributed by atoms with Crippen LogP contribution in [-0.2, 0) is 0 Å². The zero-order valence-corrected chi connectivity index (χ0v) is 13.1. The van der Waals surface area contributed by atoms with Gasteiger partial charge < -0.3 is 10.2 Å². The molecule has 0 unspecified atom stereocenters. The molecule has 0 saturated heterocycles. The van der Waals surface area contributed by atoms with Gasteiger partial charge in [-0.15, -0.1) is 0 Å². The molecule has 4 aromatic rings. The smallest absolute Gasteiger partial charge is 0.234 e. The Morgan fingerprint density at radius 2 is 1.75 bits per heavy atom. The molecule has 2 aromatic heterocycles. The molecule has 0 aliphatic rings. The van der Waals surface area contributed by atoms with Crippen molar-refractivity contribution in [3.05, 3.63) is 76.6 Å². The second kappa shape index (κ2) is 5.38. The Balaban J connectivity index is 2.00. The number of benzene rings is 2. The van der Waals surface area contributed by atoms with Crippen LogP contribution < -0.4 is 11.2 Å². The van der Waals surface area contributed by atoms with Crippen LogP contribution >= 0.6 is 0 Å². The third-order valence-electron chi connectivity index (χ3n) is 3.93. The first kappa shape index (κ1) is 14.3. The summed E-state index contributed by atoms with van der Waals surface area (Å²) in [5, 5.41) is 4.97. The van der Waals surface area contributed by atoms with Gasteiger partial charge in [0, 0.05) is 17.3 Å². The number of nitrogens with two attached hydrogens (primary N) is 1. The zero-order chi connectivity index (χ0) is 16.7. The number of hydrogen-bond donors (Lipinski definition) is 1. The molecule has 4 rings (SSSR count). The van der Waals surface area contributed by atoms with Gasteiger partial charge in [-0.3, -0.25) is 4.79 Å². The van der Waals surface area contributed by atoms with Crippen LogP contribution in [0, 0.1) is 6.92 Å².